The van der Waals surface area contributed by atoms with Crippen molar-refractivity contribution in [2.75, 3.05) is 0 Å². The van der Waals surface area contributed by atoms with E-state index in [9.17, 15) is 17.8 Å². The molecule has 2 aromatic rings. The van der Waals surface area contributed by atoms with Gasteiger partial charge < -0.3 is 8.97 Å². The van der Waals surface area contributed by atoms with Crippen molar-refractivity contribution >= 4 is 22.2 Å². The van der Waals surface area contributed by atoms with Gasteiger partial charge in [-0.05, 0) is 24.3 Å². The number of hydrogen-bond donors (Lipinski definition) is 1. The molecule has 0 saturated heterocycles. The monoisotopic (exact) mass is 317 g/mol. The Hall–Kier alpha value is -1.52. The maximum absolute atomic E-state index is 11.5. The predicted molar refractivity (Wildman–Crippen MR) is 66.0 cm³/mol. The second-order valence-electron chi connectivity index (χ2n) is 3.53. The van der Waals surface area contributed by atoms with Gasteiger partial charge in [0.25, 0.3) is 5.91 Å². The number of amides is 1. The molecule has 0 unspecified atom stereocenters. The summed E-state index contributed by atoms with van der Waals surface area (Å²) in [5, 5.41) is 2.85. The van der Waals surface area contributed by atoms with E-state index in [4.69, 9.17) is 4.42 Å². The average molecular weight is 317 g/mol. The Morgan fingerprint density at radius 1 is 1.33 bits per heavy atom. The molecule has 0 aliphatic heterocycles. The van der Waals surface area contributed by atoms with Crippen molar-refractivity contribution in [1.29, 1.82) is 0 Å². The Bertz CT molecular complexity index is 742. The zero-order chi connectivity index (χ0) is 14.6. The smallest absolute Gasteiger partial charge is 0.742 e. The summed E-state index contributed by atoms with van der Waals surface area (Å²) in [5.74, 6) is -0.522. The van der Waals surface area contributed by atoms with E-state index in [2.05, 4.69) is 15.5 Å². The average Bonchev–Trinajstić information content (AvgIpc) is 2.88. The topological polar surface area (TPSA) is 125 Å². The van der Waals surface area contributed by atoms with Crippen LogP contribution in [0.15, 0.2) is 51.1 Å². The number of rotatable bonds is 4. The Kier molecular flexibility index (Phi) is 6.24. The number of hydrazone groups is 1. The molecule has 0 aromatic carbocycles. The van der Waals surface area contributed by atoms with E-state index in [1.165, 1.54) is 18.3 Å². The van der Waals surface area contributed by atoms with Crippen LogP contribution in [0.25, 0.3) is 0 Å². The molecule has 0 atom stereocenters. The molecular formula is C11H8N3NaO5S. The van der Waals surface area contributed by atoms with E-state index < -0.39 is 21.1 Å². The summed E-state index contributed by atoms with van der Waals surface area (Å²) in [6.07, 6.45) is 2.52. The summed E-state index contributed by atoms with van der Waals surface area (Å²) >= 11 is 0. The zero-order valence-corrected chi connectivity index (χ0v) is 13.7. The summed E-state index contributed by atoms with van der Waals surface area (Å²) in [5.41, 5.74) is 2.35. The van der Waals surface area contributed by atoms with Gasteiger partial charge in [-0.2, -0.15) is 5.10 Å². The third-order valence-corrected chi connectivity index (χ3v) is 2.82. The molecule has 1 amide bonds. The van der Waals surface area contributed by atoms with Gasteiger partial charge in [0.05, 0.1) is 6.21 Å². The number of furan rings is 1. The quantitative estimate of drug-likeness (QED) is 0.284. The van der Waals surface area contributed by atoms with E-state index in [1.54, 1.807) is 12.1 Å². The van der Waals surface area contributed by atoms with E-state index in [-0.39, 0.29) is 41.0 Å². The van der Waals surface area contributed by atoms with Gasteiger partial charge in [-0.25, -0.2) is 13.8 Å². The number of carbonyl (C=O) groups excluding carboxylic acids is 1. The van der Waals surface area contributed by atoms with Crippen LogP contribution in [0.5, 0.6) is 0 Å². The molecule has 0 spiro atoms. The Labute approximate surface area is 142 Å². The molecular weight excluding hydrogens is 309 g/mol. The predicted octanol–water partition coefficient (Wildman–Crippen LogP) is -2.65. The molecule has 1 N–H and O–H groups in total. The second-order valence-corrected chi connectivity index (χ2v) is 4.84. The van der Waals surface area contributed by atoms with E-state index in [0.29, 0.717) is 0 Å². The SMILES string of the molecule is O=C(NN=Cc1ccc(S(=O)(=O)[O-])o1)c1ccccn1.[Na+]. The van der Waals surface area contributed by atoms with Crippen LogP contribution in [0.4, 0.5) is 0 Å². The molecule has 2 heterocycles. The van der Waals surface area contributed by atoms with Crippen LogP contribution in [-0.4, -0.2) is 30.1 Å². The summed E-state index contributed by atoms with van der Waals surface area (Å²) in [6, 6.07) is 7.04. The van der Waals surface area contributed by atoms with Gasteiger partial charge >= 0.3 is 29.6 Å². The van der Waals surface area contributed by atoms with Crippen LogP contribution in [0.2, 0.25) is 0 Å². The number of nitrogens with one attached hydrogen (secondary N) is 1. The number of hydrogen-bond acceptors (Lipinski definition) is 7. The first-order valence-electron chi connectivity index (χ1n) is 5.27. The maximum atomic E-state index is 11.5. The normalized spacial score (nSPS) is 11.1. The summed E-state index contributed by atoms with van der Waals surface area (Å²) in [4.78, 5) is 15.3. The van der Waals surface area contributed by atoms with Gasteiger partial charge in [-0.1, -0.05) is 6.07 Å². The van der Waals surface area contributed by atoms with Crippen LogP contribution in [0, 0.1) is 0 Å². The molecule has 0 fully saturated rings. The van der Waals surface area contributed by atoms with Crippen LogP contribution in [0.1, 0.15) is 16.2 Å². The summed E-state index contributed by atoms with van der Waals surface area (Å²) in [7, 11) is -4.64. The first-order chi connectivity index (χ1) is 9.47. The molecule has 8 nitrogen and oxygen atoms in total. The molecule has 0 radical (unpaired) electrons. The van der Waals surface area contributed by atoms with Gasteiger partial charge in [0.2, 0.25) is 5.09 Å². The minimum absolute atomic E-state index is 0. The van der Waals surface area contributed by atoms with E-state index in [1.807, 2.05) is 0 Å². The Morgan fingerprint density at radius 2 is 2.10 bits per heavy atom. The van der Waals surface area contributed by atoms with E-state index in [0.717, 1.165) is 12.3 Å². The van der Waals surface area contributed by atoms with Crippen molar-refractivity contribution in [3.63, 3.8) is 0 Å². The molecule has 10 heteroatoms. The molecule has 2 rings (SSSR count). The van der Waals surface area contributed by atoms with Crippen molar-refractivity contribution in [3.8, 4) is 0 Å². The molecule has 21 heavy (non-hydrogen) atoms. The number of nitrogens with zero attached hydrogens (tertiary/aromatic N) is 2. The minimum atomic E-state index is -4.64. The molecule has 0 bridgehead atoms. The maximum Gasteiger partial charge on any atom is 1.00 e. The van der Waals surface area contributed by atoms with E-state index >= 15 is 0 Å². The fraction of sp³-hybridized carbons (Fsp3) is 0. The van der Waals surface area contributed by atoms with Crippen molar-refractivity contribution in [2.45, 2.75) is 5.09 Å². The van der Waals surface area contributed by atoms with Crippen LogP contribution in [-0.2, 0) is 10.1 Å². The van der Waals surface area contributed by atoms with Crippen LogP contribution in [0.3, 0.4) is 0 Å². The van der Waals surface area contributed by atoms with Crippen molar-refractivity contribution in [1.82, 2.24) is 10.4 Å². The van der Waals surface area contributed by atoms with Gasteiger partial charge in [0.1, 0.15) is 11.5 Å². The van der Waals surface area contributed by atoms with Gasteiger partial charge in [-0.3, -0.25) is 9.78 Å². The molecule has 0 aliphatic carbocycles. The second kappa shape index (κ2) is 7.48. The third-order valence-electron chi connectivity index (χ3n) is 2.10. The fourth-order valence-electron chi connectivity index (χ4n) is 1.25. The summed E-state index contributed by atoms with van der Waals surface area (Å²) in [6.45, 7) is 0. The molecule has 2 aromatic heterocycles. The first kappa shape index (κ1) is 17.5. The van der Waals surface area contributed by atoms with Crippen LogP contribution >= 0.6 is 0 Å². The fourth-order valence-corrected chi connectivity index (χ4v) is 1.68. The third kappa shape index (κ3) is 5.06. The molecule has 104 valence electrons. The van der Waals surface area contributed by atoms with Crippen molar-refractivity contribution < 1.29 is 51.7 Å². The van der Waals surface area contributed by atoms with Crippen LogP contribution < -0.4 is 35.0 Å². The Balaban J connectivity index is 0.00000220. The minimum Gasteiger partial charge on any atom is -0.742 e. The standard InChI is InChI=1S/C11H9N3O5S.Na/c15-11(9-3-1-2-6-12-9)14-13-7-8-4-5-10(19-8)20(16,17)18;/h1-7H,(H,14,15)(H,16,17,18);/q;+1/p-1. The zero-order valence-electron chi connectivity index (χ0n) is 10.9. The first-order valence-corrected chi connectivity index (χ1v) is 6.68. The number of aromatic nitrogens is 1. The van der Waals surface area contributed by atoms with Gasteiger partial charge in [-0.15, -0.1) is 0 Å². The molecule has 0 aliphatic rings. The Morgan fingerprint density at radius 3 is 2.67 bits per heavy atom. The summed E-state index contributed by atoms with van der Waals surface area (Å²) < 4.78 is 36.6. The van der Waals surface area contributed by atoms with Crippen molar-refractivity contribution in [3.05, 3.63) is 48.0 Å². The van der Waals surface area contributed by atoms with Crippen molar-refractivity contribution in [2.24, 2.45) is 5.10 Å². The van der Waals surface area contributed by atoms with Gasteiger partial charge in [0, 0.05) is 6.20 Å². The molecule has 0 saturated carbocycles. The number of carbonyl (C=O) groups is 1. The largest absolute Gasteiger partial charge is 1.00 e. The number of pyridine rings is 1. The van der Waals surface area contributed by atoms with Gasteiger partial charge in [0.15, 0.2) is 10.1 Å².